The Morgan fingerprint density at radius 1 is 0.833 bits per heavy atom. The highest BCUT2D eigenvalue weighted by atomic mass is 19.1. The van der Waals surface area contributed by atoms with E-state index in [9.17, 15) is 13.9 Å². The van der Waals surface area contributed by atoms with Crippen LogP contribution in [0.5, 0.6) is 0 Å². The Bertz CT molecular complexity index is 554. The van der Waals surface area contributed by atoms with Crippen molar-refractivity contribution in [2.45, 2.75) is 18.9 Å². The molecule has 0 aromatic heterocycles. The van der Waals surface area contributed by atoms with Crippen molar-refractivity contribution >= 4 is 0 Å². The van der Waals surface area contributed by atoms with Crippen molar-refractivity contribution in [3.63, 3.8) is 0 Å². The first-order chi connectivity index (χ1) is 8.68. The summed E-state index contributed by atoms with van der Waals surface area (Å²) in [5.74, 6) is -0.667. The number of hydrogen-bond donors (Lipinski definition) is 1. The monoisotopic (exact) mass is 246 g/mol. The van der Waals surface area contributed by atoms with Gasteiger partial charge in [-0.1, -0.05) is 24.3 Å². The molecule has 0 bridgehead atoms. The summed E-state index contributed by atoms with van der Waals surface area (Å²) in [4.78, 5) is 0. The van der Waals surface area contributed by atoms with Crippen LogP contribution >= 0.6 is 0 Å². The molecule has 0 fully saturated rings. The number of benzene rings is 2. The van der Waals surface area contributed by atoms with Gasteiger partial charge in [-0.25, -0.2) is 8.78 Å². The quantitative estimate of drug-likeness (QED) is 0.757. The summed E-state index contributed by atoms with van der Waals surface area (Å²) in [5, 5.41) is 10.3. The molecule has 18 heavy (non-hydrogen) atoms. The van der Waals surface area contributed by atoms with Gasteiger partial charge >= 0.3 is 0 Å². The number of halogens is 2. The van der Waals surface area contributed by atoms with Crippen LogP contribution in [0, 0.1) is 11.6 Å². The van der Waals surface area contributed by atoms with Crippen LogP contribution in [0.1, 0.15) is 28.4 Å². The maximum absolute atomic E-state index is 13.7. The van der Waals surface area contributed by atoms with Gasteiger partial charge in [0.15, 0.2) is 0 Å². The molecule has 92 valence electrons. The van der Waals surface area contributed by atoms with E-state index in [2.05, 4.69) is 0 Å². The fourth-order valence-electron chi connectivity index (χ4n) is 2.61. The highest BCUT2D eigenvalue weighted by Gasteiger charge is 2.24. The third-order valence-electron chi connectivity index (χ3n) is 3.52. The SMILES string of the molecule is OC1c2cccc(F)c2CCc2c(F)cccc21. The Hall–Kier alpha value is -1.74. The predicted octanol–water partition coefficient (Wildman–Crippen LogP) is 3.15. The van der Waals surface area contributed by atoms with Gasteiger partial charge in [0, 0.05) is 0 Å². The van der Waals surface area contributed by atoms with Gasteiger partial charge in [0.05, 0.1) is 0 Å². The molecule has 1 nitrogen and oxygen atoms in total. The summed E-state index contributed by atoms with van der Waals surface area (Å²) >= 11 is 0. The van der Waals surface area contributed by atoms with E-state index in [1.165, 1.54) is 12.1 Å². The van der Waals surface area contributed by atoms with E-state index in [0.717, 1.165) is 0 Å². The lowest BCUT2D eigenvalue weighted by molar-refractivity contribution is 0.218. The van der Waals surface area contributed by atoms with Crippen molar-refractivity contribution in [3.05, 3.63) is 70.3 Å². The maximum Gasteiger partial charge on any atom is 0.126 e. The van der Waals surface area contributed by atoms with Gasteiger partial charge in [-0.15, -0.1) is 0 Å². The molecule has 1 N–H and O–H groups in total. The molecule has 0 saturated heterocycles. The predicted molar refractivity (Wildman–Crippen MR) is 64.3 cm³/mol. The average Bonchev–Trinajstić information content (AvgIpc) is 2.51. The van der Waals surface area contributed by atoms with E-state index in [1.807, 2.05) is 0 Å². The molecule has 0 heterocycles. The van der Waals surface area contributed by atoms with Gasteiger partial charge < -0.3 is 5.11 Å². The van der Waals surface area contributed by atoms with Gasteiger partial charge in [0.1, 0.15) is 17.7 Å². The van der Waals surface area contributed by atoms with Crippen molar-refractivity contribution in [1.82, 2.24) is 0 Å². The Labute approximate surface area is 104 Å². The molecule has 0 unspecified atom stereocenters. The van der Waals surface area contributed by atoms with E-state index < -0.39 is 6.10 Å². The van der Waals surface area contributed by atoms with Crippen LogP contribution in [-0.4, -0.2) is 5.11 Å². The number of aliphatic hydroxyl groups is 1. The normalized spacial score (nSPS) is 14.8. The van der Waals surface area contributed by atoms with Crippen molar-refractivity contribution in [3.8, 4) is 0 Å². The second kappa shape index (κ2) is 4.18. The lowest BCUT2D eigenvalue weighted by Gasteiger charge is -2.14. The van der Waals surface area contributed by atoms with Gasteiger partial charge in [-0.2, -0.15) is 0 Å². The third kappa shape index (κ3) is 1.63. The minimum atomic E-state index is -0.955. The summed E-state index contributed by atoms with van der Waals surface area (Å²) in [5.41, 5.74) is 2.06. The van der Waals surface area contributed by atoms with Crippen LogP contribution in [-0.2, 0) is 12.8 Å². The first-order valence-corrected chi connectivity index (χ1v) is 5.91. The maximum atomic E-state index is 13.7. The molecule has 1 aliphatic rings. The van der Waals surface area contributed by atoms with Gasteiger partial charge in [0.2, 0.25) is 0 Å². The molecule has 3 heteroatoms. The molecule has 0 radical (unpaired) electrons. The molecule has 2 aromatic rings. The highest BCUT2D eigenvalue weighted by molar-refractivity contribution is 5.43. The topological polar surface area (TPSA) is 20.2 Å². The van der Waals surface area contributed by atoms with Crippen LogP contribution in [0.4, 0.5) is 8.78 Å². The molecular formula is C15H12F2O. The summed E-state index contributed by atoms with van der Waals surface area (Å²) < 4.78 is 27.5. The largest absolute Gasteiger partial charge is 0.384 e. The Morgan fingerprint density at radius 2 is 1.28 bits per heavy atom. The third-order valence-corrected chi connectivity index (χ3v) is 3.52. The van der Waals surface area contributed by atoms with E-state index >= 15 is 0 Å². The lowest BCUT2D eigenvalue weighted by atomic mass is 9.97. The molecule has 0 aliphatic heterocycles. The fraction of sp³-hybridized carbons (Fsp3) is 0.200. The Morgan fingerprint density at radius 3 is 1.72 bits per heavy atom. The summed E-state index contributed by atoms with van der Waals surface area (Å²) in [6, 6.07) is 9.28. The molecule has 0 atom stereocenters. The van der Waals surface area contributed by atoms with E-state index in [1.54, 1.807) is 24.3 Å². The van der Waals surface area contributed by atoms with Crippen molar-refractivity contribution in [1.29, 1.82) is 0 Å². The number of fused-ring (bicyclic) bond motifs is 2. The fourth-order valence-corrected chi connectivity index (χ4v) is 2.61. The summed E-state index contributed by atoms with van der Waals surface area (Å²) in [6.45, 7) is 0. The molecule has 3 rings (SSSR count). The Kier molecular flexibility index (Phi) is 2.63. The first kappa shape index (κ1) is 11.4. The highest BCUT2D eigenvalue weighted by Crippen LogP contribution is 2.34. The molecular weight excluding hydrogens is 234 g/mol. The lowest BCUT2D eigenvalue weighted by Crippen LogP contribution is -2.04. The summed E-state index contributed by atoms with van der Waals surface area (Å²) in [7, 11) is 0. The standard InChI is InChI=1S/C15H12F2O/c16-13-5-1-3-11-9(13)7-8-10-12(15(11)18)4-2-6-14(10)17/h1-6,15,18H,7-8H2. The molecule has 0 spiro atoms. The zero-order valence-corrected chi connectivity index (χ0v) is 9.66. The number of hydrogen-bond acceptors (Lipinski definition) is 1. The van der Waals surface area contributed by atoms with Crippen LogP contribution in [0.15, 0.2) is 36.4 Å². The van der Waals surface area contributed by atoms with E-state index in [0.29, 0.717) is 35.1 Å². The zero-order chi connectivity index (χ0) is 12.7. The van der Waals surface area contributed by atoms with Gasteiger partial charge in [-0.05, 0) is 47.2 Å². The smallest absolute Gasteiger partial charge is 0.126 e. The average molecular weight is 246 g/mol. The van der Waals surface area contributed by atoms with Gasteiger partial charge in [0.25, 0.3) is 0 Å². The minimum absolute atomic E-state index is 0.334. The van der Waals surface area contributed by atoms with Crippen LogP contribution < -0.4 is 0 Å². The second-order valence-electron chi connectivity index (χ2n) is 4.52. The van der Waals surface area contributed by atoms with Crippen LogP contribution in [0.25, 0.3) is 0 Å². The molecule has 1 aliphatic carbocycles. The van der Waals surface area contributed by atoms with Gasteiger partial charge in [-0.3, -0.25) is 0 Å². The van der Waals surface area contributed by atoms with Crippen LogP contribution in [0.2, 0.25) is 0 Å². The number of rotatable bonds is 0. The van der Waals surface area contributed by atoms with Crippen molar-refractivity contribution < 1.29 is 13.9 Å². The van der Waals surface area contributed by atoms with Crippen molar-refractivity contribution in [2.75, 3.05) is 0 Å². The number of aliphatic hydroxyl groups excluding tert-OH is 1. The molecule has 2 aromatic carbocycles. The van der Waals surface area contributed by atoms with Crippen molar-refractivity contribution in [2.24, 2.45) is 0 Å². The Balaban J connectivity index is 2.22. The second-order valence-corrected chi connectivity index (χ2v) is 4.52. The molecule has 0 amide bonds. The summed E-state index contributed by atoms with van der Waals surface area (Å²) in [6.07, 6.45) is -0.135. The minimum Gasteiger partial charge on any atom is -0.384 e. The van der Waals surface area contributed by atoms with E-state index in [4.69, 9.17) is 0 Å². The zero-order valence-electron chi connectivity index (χ0n) is 9.66. The first-order valence-electron chi connectivity index (χ1n) is 5.91. The van der Waals surface area contributed by atoms with E-state index in [-0.39, 0.29) is 11.6 Å². The molecule has 0 saturated carbocycles. The van der Waals surface area contributed by atoms with Crippen LogP contribution in [0.3, 0.4) is 0 Å².